The van der Waals surface area contributed by atoms with Crippen molar-refractivity contribution in [1.82, 2.24) is 14.7 Å². The second kappa shape index (κ2) is 16.7. The molecule has 4 aliphatic rings. The van der Waals surface area contributed by atoms with E-state index in [2.05, 4.69) is 113 Å². The molecule has 1 spiro atoms. The minimum Gasteiger partial charge on any atom is -0.292 e. The number of halogens is 1. The molecular formula is C39H66FN3. The molecule has 43 heavy (non-hydrogen) atoms. The summed E-state index contributed by atoms with van der Waals surface area (Å²) in [6.45, 7) is 30.5. The normalized spacial score (nSPS) is 22.1. The minimum absolute atomic E-state index is 0.0738. The van der Waals surface area contributed by atoms with E-state index in [1.165, 1.54) is 71.1 Å². The topological polar surface area (TPSA) is 9.72 Å². The van der Waals surface area contributed by atoms with E-state index in [4.69, 9.17) is 0 Å². The van der Waals surface area contributed by atoms with Crippen LogP contribution in [0.2, 0.25) is 0 Å². The van der Waals surface area contributed by atoms with Gasteiger partial charge in [-0.05, 0) is 152 Å². The number of nitrogens with zero attached hydrogens (tertiary/aromatic N) is 3. The van der Waals surface area contributed by atoms with Crippen LogP contribution < -0.4 is 0 Å². The van der Waals surface area contributed by atoms with Gasteiger partial charge in [-0.25, -0.2) is 4.39 Å². The summed E-state index contributed by atoms with van der Waals surface area (Å²) in [4.78, 5) is 7.21. The lowest BCUT2D eigenvalue weighted by Gasteiger charge is -2.32. The molecule has 0 radical (unpaired) electrons. The van der Waals surface area contributed by atoms with Crippen LogP contribution in [0.4, 0.5) is 4.39 Å². The highest BCUT2D eigenvalue weighted by Gasteiger charge is 2.44. The van der Waals surface area contributed by atoms with Crippen molar-refractivity contribution < 1.29 is 4.39 Å². The summed E-state index contributed by atoms with van der Waals surface area (Å²) in [5.74, 6) is 19.6. The maximum Gasteiger partial charge on any atom is 0.110 e. The molecule has 3 nitrogen and oxygen atoms in total. The van der Waals surface area contributed by atoms with E-state index in [1.807, 2.05) is 0 Å². The Labute approximate surface area is 267 Å². The van der Waals surface area contributed by atoms with Gasteiger partial charge in [0.25, 0.3) is 0 Å². The van der Waals surface area contributed by atoms with Crippen LogP contribution in [0.25, 0.3) is 0 Å². The average Bonchev–Trinajstić information content (AvgIpc) is 3.64. The Kier molecular flexibility index (Phi) is 14.6. The molecule has 3 heterocycles. The molecule has 0 N–H and O–H groups in total. The third-order valence-electron chi connectivity index (χ3n) is 8.52. The van der Waals surface area contributed by atoms with Gasteiger partial charge in [0.15, 0.2) is 0 Å². The third kappa shape index (κ3) is 18.8. The lowest BCUT2D eigenvalue weighted by molar-refractivity contribution is 0.0810. The van der Waals surface area contributed by atoms with Crippen molar-refractivity contribution in [2.24, 2.45) is 21.7 Å². The summed E-state index contributed by atoms with van der Waals surface area (Å²) < 4.78 is 13.5. The average molecular weight is 596 g/mol. The molecule has 244 valence electrons. The minimum atomic E-state index is -0.950. The van der Waals surface area contributed by atoms with Crippen molar-refractivity contribution in [3.8, 4) is 35.5 Å². The monoisotopic (exact) mass is 596 g/mol. The molecule has 3 saturated heterocycles. The van der Waals surface area contributed by atoms with E-state index in [1.54, 1.807) is 6.92 Å². The van der Waals surface area contributed by atoms with Gasteiger partial charge in [0.2, 0.25) is 0 Å². The zero-order chi connectivity index (χ0) is 32.2. The molecule has 1 saturated carbocycles. The Morgan fingerprint density at radius 2 is 0.814 bits per heavy atom. The molecule has 0 amide bonds. The lowest BCUT2D eigenvalue weighted by atomic mass is 9.93. The molecular weight excluding hydrogens is 529 g/mol. The van der Waals surface area contributed by atoms with E-state index in [0.29, 0.717) is 12.8 Å². The van der Waals surface area contributed by atoms with Crippen molar-refractivity contribution in [3.05, 3.63) is 0 Å². The molecule has 0 atom stereocenters. The fourth-order valence-electron chi connectivity index (χ4n) is 5.41. The first-order valence-corrected chi connectivity index (χ1v) is 17.2. The van der Waals surface area contributed by atoms with Crippen LogP contribution in [0.5, 0.6) is 0 Å². The van der Waals surface area contributed by atoms with E-state index < -0.39 is 5.67 Å². The van der Waals surface area contributed by atoms with Gasteiger partial charge in [0, 0.05) is 29.3 Å². The van der Waals surface area contributed by atoms with Gasteiger partial charge in [0.1, 0.15) is 5.67 Å². The quantitative estimate of drug-likeness (QED) is 0.304. The van der Waals surface area contributed by atoms with Gasteiger partial charge >= 0.3 is 0 Å². The molecule has 0 bridgehead atoms. The molecule has 4 rings (SSSR count). The number of rotatable bonds is 3. The standard InChI is InChI=1S/C14H23N.C13H22FN.C12H21N/c1-13(2,3)5-4-10-15-11-8-14(6-7-14)9-12-15;1-12(2,3)6-5-9-15-10-7-13(4,14)8-11-15;1-12(2,3)8-7-11-13-9-5-4-6-10-13/h6-12H2,1-3H3;7-11H2,1-4H3;4-6,9-11H2,1-3H3. The van der Waals surface area contributed by atoms with Crippen LogP contribution in [0.1, 0.15) is 127 Å². The first kappa shape index (κ1) is 37.7. The number of hydrogen-bond donors (Lipinski definition) is 0. The number of hydrogen-bond acceptors (Lipinski definition) is 3. The van der Waals surface area contributed by atoms with E-state index in [0.717, 1.165) is 38.1 Å². The Bertz CT molecular complexity index is 941. The Hall–Kier alpha value is -1.51. The van der Waals surface area contributed by atoms with E-state index in [-0.39, 0.29) is 16.2 Å². The maximum atomic E-state index is 13.5. The molecule has 0 unspecified atom stereocenters. The first-order valence-electron chi connectivity index (χ1n) is 17.2. The summed E-state index contributed by atoms with van der Waals surface area (Å²) >= 11 is 0. The zero-order valence-electron chi connectivity index (χ0n) is 29.9. The Morgan fingerprint density at radius 3 is 1.14 bits per heavy atom. The van der Waals surface area contributed by atoms with Crippen molar-refractivity contribution in [1.29, 1.82) is 0 Å². The van der Waals surface area contributed by atoms with Gasteiger partial charge in [-0.15, -0.1) is 0 Å². The summed E-state index contributed by atoms with van der Waals surface area (Å²) in [6.07, 6.45) is 11.2. The third-order valence-corrected chi connectivity index (χ3v) is 8.52. The van der Waals surface area contributed by atoms with Crippen LogP contribution in [-0.2, 0) is 0 Å². The van der Waals surface area contributed by atoms with Gasteiger partial charge < -0.3 is 0 Å². The van der Waals surface area contributed by atoms with Gasteiger partial charge in [-0.3, -0.25) is 14.7 Å². The molecule has 3 aliphatic heterocycles. The predicted molar refractivity (Wildman–Crippen MR) is 185 cm³/mol. The predicted octanol–water partition coefficient (Wildman–Crippen LogP) is 8.29. The van der Waals surface area contributed by atoms with Crippen LogP contribution in [0, 0.1) is 57.2 Å². The first-order chi connectivity index (χ1) is 19.9. The highest BCUT2D eigenvalue weighted by Crippen LogP contribution is 2.53. The van der Waals surface area contributed by atoms with Crippen LogP contribution in [-0.4, -0.2) is 79.3 Å². The maximum absolute atomic E-state index is 13.5. The fourth-order valence-corrected chi connectivity index (χ4v) is 5.41. The van der Waals surface area contributed by atoms with Crippen molar-refractivity contribution in [2.45, 2.75) is 133 Å². The molecule has 4 heteroatoms. The number of alkyl halides is 1. The van der Waals surface area contributed by atoms with E-state index >= 15 is 0 Å². The highest BCUT2D eigenvalue weighted by atomic mass is 19.1. The fraction of sp³-hybridized carbons (Fsp3) is 0.846. The Morgan fingerprint density at radius 1 is 0.488 bits per heavy atom. The molecule has 1 aliphatic carbocycles. The number of piperidine rings is 3. The van der Waals surface area contributed by atoms with Gasteiger partial charge in [-0.2, -0.15) is 0 Å². The number of likely N-dealkylation sites (tertiary alicyclic amines) is 3. The second-order valence-corrected chi connectivity index (χ2v) is 17.0. The van der Waals surface area contributed by atoms with Crippen LogP contribution >= 0.6 is 0 Å². The molecule has 4 fully saturated rings. The highest BCUT2D eigenvalue weighted by molar-refractivity contribution is 5.10. The zero-order valence-corrected chi connectivity index (χ0v) is 29.9. The smallest absolute Gasteiger partial charge is 0.110 e. The summed E-state index contributed by atoms with van der Waals surface area (Å²) in [5.41, 5.74) is 0.246. The van der Waals surface area contributed by atoms with Crippen LogP contribution in [0.3, 0.4) is 0 Å². The largest absolute Gasteiger partial charge is 0.292 e. The summed E-state index contributed by atoms with van der Waals surface area (Å²) in [7, 11) is 0. The van der Waals surface area contributed by atoms with Crippen molar-refractivity contribution in [2.75, 3.05) is 58.9 Å². The molecule has 0 aromatic rings. The van der Waals surface area contributed by atoms with Crippen molar-refractivity contribution in [3.63, 3.8) is 0 Å². The SMILES string of the molecule is CC(C)(C)C#CCN1CCC(C)(F)CC1.CC(C)(C)C#CCN1CCC2(CC1)CC2.CC(C)(C)C#CCN1CCCCC1. The van der Waals surface area contributed by atoms with E-state index in [9.17, 15) is 4.39 Å². The second-order valence-electron chi connectivity index (χ2n) is 17.0. The van der Waals surface area contributed by atoms with Gasteiger partial charge in [-0.1, -0.05) is 41.9 Å². The molecule has 0 aromatic carbocycles. The van der Waals surface area contributed by atoms with Crippen molar-refractivity contribution >= 4 is 0 Å². The molecule has 0 aromatic heterocycles. The summed E-state index contributed by atoms with van der Waals surface area (Å²) in [5, 5.41) is 0. The van der Waals surface area contributed by atoms with Gasteiger partial charge in [0.05, 0.1) is 19.6 Å². The Balaban J connectivity index is 0.000000226. The summed E-state index contributed by atoms with van der Waals surface area (Å²) in [6, 6.07) is 0. The van der Waals surface area contributed by atoms with Crippen LogP contribution in [0.15, 0.2) is 0 Å². The lowest BCUT2D eigenvalue weighted by Crippen LogP contribution is -2.40.